The van der Waals surface area contributed by atoms with Gasteiger partial charge in [-0.3, -0.25) is 10.1 Å². The second-order valence-corrected chi connectivity index (χ2v) is 3.83. The molecule has 92 valence electrons. The molecule has 0 fully saturated rings. The van der Waals surface area contributed by atoms with Crippen LogP contribution in [0.25, 0.3) is 0 Å². The highest BCUT2D eigenvalue weighted by Gasteiger charge is 2.19. The molecule has 0 aliphatic carbocycles. The lowest BCUT2D eigenvalue weighted by molar-refractivity contribution is -0.386. The number of nitrogens with one attached hydrogen (secondary N) is 1. The highest BCUT2D eigenvalue weighted by atomic mass is 19.1. The summed E-state index contributed by atoms with van der Waals surface area (Å²) in [6, 6.07) is 11.3. The lowest BCUT2D eigenvalue weighted by atomic mass is 10.2. The molecule has 0 radical (unpaired) electrons. The summed E-state index contributed by atoms with van der Waals surface area (Å²) in [4.78, 5) is 10.1. The van der Waals surface area contributed by atoms with Crippen LogP contribution in [0.15, 0.2) is 42.5 Å². The molecular weight excluding hydrogens is 235 g/mol. The van der Waals surface area contributed by atoms with Crippen LogP contribution in [0.1, 0.15) is 5.56 Å². The zero-order chi connectivity index (χ0) is 13.1. The number of hydrogen-bond donors (Lipinski definition) is 1. The monoisotopic (exact) mass is 246 g/mol. The molecule has 5 heteroatoms. The largest absolute Gasteiger partial charge is 0.350 e. The van der Waals surface area contributed by atoms with Crippen molar-refractivity contribution >= 4 is 17.1 Å². The van der Waals surface area contributed by atoms with Crippen LogP contribution >= 0.6 is 0 Å². The van der Waals surface area contributed by atoms with Gasteiger partial charge in [0.15, 0.2) is 0 Å². The minimum absolute atomic E-state index is 0.148. The predicted molar refractivity (Wildman–Crippen MR) is 67.5 cm³/mol. The molecule has 2 aromatic carbocycles. The number of aryl methyl sites for hydroxylation is 1. The molecule has 0 aliphatic rings. The topological polar surface area (TPSA) is 55.2 Å². The van der Waals surface area contributed by atoms with Crippen LogP contribution in [0.5, 0.6) is 0 Å². The first-order valence-electron chi connectivity index (χ1n) is 5.35. The molecule has 0 bridgehead atoms. The Balaban J connectivity index is 2.44. The van der Waals surface area contributed by atoms with Crippen LogP contribution < -0.4 is 5.32 Å². The molecule has 1 N–H and O–H groups in total. The first-order valence-corrected chi connectivity index (χ1v) is 5.35. The summed E-state index contributed by atoms with van der Waals surface area (Å²) in [6.07, 6.45) is 0. The van der Waals surface area contributed by atoms with Gasteiger partial charge in [-0.15, -0.1) is 0 Å². The van der Waals surface area contributed by atoms with Crippen molar-refractivity contribution < 1.29 is 9.31 Å². The Morgan fingerprint density at radius 3 is 2.44 bits per heavy atom. The summed E-state index contributed by atoms with van der Waals surface area (Å²) in [6.45, 7) is 1.87. The molecule has 4 nitrogen and oxygen atoms in total. The summed E-state index contributed by atoms with van der Waals surface area (Å²) in [5.41, 5.74) is 1.25. The Hall–Kier alpha value is -2.43. The van der Waals surface area contributed by atoms with Gasteiger partial charge in [0.1, 0.15) is 5.69 Å². The van der Waals surface area contributed by atoms with Crippen molar-refractivity contribution in [3.8, 4) is 0 Å². The van der Waals surface area contributed by atoms with Gasteiger partial charge in [0.25, 0.3) is 0 Å². The van der Waals surface area contributed by atoms with Crippen LogP contribution in [0, 0.1) is 22.9 Å². The Morgan fingerprint density at radius 2 is 1.78 bits per heavy atom. The summed E-state index contributed by atoms with van der Waals surface area (Å²) in [5, 5.41) is 13.7. The van der Waals surface area contributed by atoms with Gasteiger partial charge in [0.05, 0.1) is 4.92 Å². The molecule has 18 heavy (non-hydrogen) atoms. The third-order valence-corrected chi connectivity index (χ3v) is 2.58. The van der Waals surface area contributed by atoms with E-state index in [1.54, 1.807) is 12.1 Å². The molecule has 0 saturated carbocycles. The fourth-order valence-electron chi connectivity index (χ4n) is 1.66. The number of anilines is 2. The number of nitro groups is 1. The van der Waals surface area contributed by atoms with Crippen molar-refractivity contribution in [1.82, 2.24) is 0 Å². The highest BCUT2D eigenvalue weighted by molar-refractivity contribution is 5.71. The molecule has 0 aliphatic heterocycles. The number of hydrogen-bond acceptors (Lipinski definition) is 3. The minimum Gasteiger partial charge on any atom is -0.350 e. The standard InChI is InChI=1S/C13H11FN2O2/c1-9-5-2-3-7-11(9)15-12-8-4-6-10(14)13(12)16(17)18/h2-8,15H,1H3. The molecular formula is C13H11FN2O2. The van der Waals surface area contributed by atoms with E-state index in [1.165, 1.54) is 12.1 Å². The van der Waals surface area contributed by atoms with E-state index in [0.717, 1.165) is 11.6 Å². The third kappa shape index (κ3) is 2.29. The number of nitro benzene ring substituents is 1. The van der Waals surface area contributed by atoms with E-state index in [1.807, 2.05) is 19.1 Å². The van der Waals surface area contributed by atoms with Gasteiger partial charge < -0.3 is 5.32 Å². The Kier molecular flexibility index (Phi) is 3.23. The molecule has 2 rings (SSSR count). The Labute approximate surface area is 103 Å². The van der Waals surface area contributed by atoms with E-state index in [-0.39, 0.29) is 5.69 Å². The smallest absolute Gasteiger partial charge is 0.327 e. The quantitative estimate of drug-likeness (QED) is 0.662. The van der Waals surface area contributed by atoms with Gasteiger partial charge >= 0.3 is 5.69 Å². The molecule has 0 aromatic heterocycles. The van der Waals surface area contributed by atoms with Gasteiger partial charge in [-0.25, -0.2) is 0 Å². The second kappa shape index (κ2) is 4.83. The highest BCUT2D eigenvalue weighted by Crippen LogP contribution is 2.30. The lowest BCUT2D eigenvalue weighted by Crippen LogP contribution is -2.00. The first-order chi connectivity index (χ1) is 8.59. The third-order valence-electron chi connectivity index (χ3n) is 2.58. The zero-order valence-corrected chi connectivity index (χ0v) is 9.68. The summed E-state index contributed by atoms with van der Waals surface area (Å²) >= 11 is 0. The molecule has 0 spiro atoms. The van der Waals surface area contributed by atoms with E-state index in [9.17, 15) is 14.5 Å². The van der Waals surface area contributed by atoms with E-state index >= 15 is 0 Å². The summed E-state index contributed by atoms with van der Waals surface area (Å²) in [7, 11) is 0. The number of rotatable bonds is 3. The van der Waals surface area contributed by atoms with E-state index < -0.39 is 16.4 Å². The van der Waals surface area contributed by atoms with Crippen molar-refractivity contribution in [2.75, 3.05) is 5.32 Å². The van der Waals surface area contributed by atoms with Crippen molar-refractivity contribution in [2.24, 2.45) is 0 Å². The molecule has 0 heterocycles. The second-order valence-electron chi connectivity index (χ2n) is 3.83. The van der Waals surface area contributed by atoms with Crippen LogP contribution in [-0.2, 0) is 0 Å². The molecule has 0 amide bonds. The predicted octanol–water partition coefficient (Wildman–Crippen LogP) is 3.79. The van der Waals surface area contributed by atoms with E-state index in [4.69, 9.17) is 0 Å². The van der Waals surface area contributed by atoms with E-state index in [2.05, 4.69) is 5.32 Å². The maximum absolute atomic E-state index is 13.4. The Morgan fingerprint density at radius 1 is 1.11 bits per heavy atom. The van der Waals surface area contributed by atoms with Gasteiger partial charge in [0.2, 0.25) is 5.82 Å². The maximum atomic E-state index is 13.4. The molecule has 0 saturated heterocycles. The lowest BCUT2D eigenvalue weighted by Gasteiger charge is -2.09. The summed E-state index contributed by atoms with van der Waals surface area (Å²) < 4.78 is 13.4. The average Bonchev–Trinajstić information content (AvgIpc) is 2.31. The molecule has 0 unspecified atom stereocenters. The minimum atomic E-state index is -0.849. The van der Waals surface area contributed by atoms with Gasteiger partial charge in [-0.2, -0.15) is 4.39 Å². The Bertz CT molecular complexity index is 599. The number of para-hydroxylation sites is 2. The molecule has 2 aromatic rings. The normalized spacial score (nSPS) is 10.1. The van der Waals surface area contributed by atoms with Crippen LogP contribution in [0.4, 0.5) is 21.5 Å². The first kappa shape index (κ1) is 12.0. The SMILES string of the molecule is Cc1ccccc1Nc1cccc(F)c1[N+](=O)[O-]. The number of benzene rings is 2. The maximum Gasteiger partial charge on any atom is 0.327 e. The number of nitrogens with zero attached hydrogens (tertiary/aromatic N) is 1. The van der Waals surface area contributed by atoms with Crippen molar-refractivity contribution in [2.45, 2.75) is 6.92 Å². The van der Waals surface area contributed by atoms with Crippen molar-refractivity contribution in [1.29, 1.82) is 0 Å². The van der Waals surface area contributed by atoms with E-state index in [0.29, 0.717) is 5.69 Å². The van der Waals surface area contributed by atoms with Gasteiger partial charge in [-0.05, 0) is 30.7 Å². The van der Waals surface area contributed by atoms with Gasteiger partial charge in [0, 0.05) is 5.69 Å². The van der Waals surface area contributed by atoms with Crippen molar-refractivity contribution in [3.63, 3.8) is 0 Å². The van der Waals surface area contributed by atoms with Crippen LogP contribution in [0.3, 0.4) is 0 Å². The summed E-state index contributed by atoms with van der Waals surface area (Å²) in [5.74, 6) is -0.849. The fraction of sp³-hybridized carbons (Fsp3) is 0.0769. The molecule has 0 atom stereocenters. The average molecular weight is 246 g/mol. The van der Waals surface area contributed by atoms with Gasteiger partial charge in [-0.1, -0.05) is 24.3 Å². The van der Waals surface area contributed by atoms with Crippen LogP contribution in [-0.4, -0.2) is 4.92 Å². The zero-order valence-electron chi connectivity index (χ0n) is 9.68. The van der Waals surface area contributed by atoms with Crippen LogP contribution in [0.2, 0.25) is 0 Å². The van der Waals surface area contributed by atoms with Crippen molar-refractivity contribution in [3.05, 3.63) is 64.0 Å². The fourth-order valence-corrected chi connectivity index (χ4v) is 1.66. The number of halogens is 1.